The molecule has 0 bridgehead atoms. The largest absolute Gasteiger partial charge is 0.508 e. The van der Waals surface area contributed by atoms with Gasteiger partial charge in [-0.15, -0.1) is 0 Å². The number of phenols is 1. The smallest absolute Gasteiger partial charge is 0.416 e. The van der Waals surface area contributed by atoms with Gasteiger partial charge in [-0.2, -0.15) is 13.2 Å². The lowest BCUT2D eigenvalue weighted by molar-refractivity contribution is -0.137. The van der Waals surface area contributed by atoms with Gasteiger partial charge in [-0.25, -0.2) is 4.79 Å². The summed E-state index contributed by atoms with van der Waals surface area (Å²) < 4.78 is 49.6. The predicted octanol–water partition coefficient (Wildman–Crippen LogP) is 5.78. The van der Waals surface area contributed by atoms with Gasteiger partial charge >= 0.3 is 11.8 Å². The van der Waals surface area contributed by atoms with Crippen molar-refractivity contribution >= 4 is 11.0 Å². The van der Waals surface area contributed by atoms with Crippen LogP contribution < -0.4 is 10.4 Å². The molecule has 1 aromatic heterocycles. The lowest BCUT2D eigenvalue weighted by atomic mass is 9.93. The first-order valence-electron chi connectivity index (χ1n) is 9.35. The van der Waals surface area contributed by atoms with Crippen molar-refractivity contribution in [1.82, 2.24) is 0 Å². The minimum atomic E-state index is -4.47. The highest BCUT2D eigenvalue weighted by molar-refractivity contribution is 5.88. The molecule has 1 N–H and O–H groups in total. The Hall–Kier alpha value is -3.74. The van der Waals surface area contributed by atoms with E-state index in [0.717, 1.165) is 17.7 Å². The van der Waals surface area contributed by atoms with Gasteiger partial charge in [0.1, 0.15) is 17.1 Å². The maximum Gasteiger partial charge on any atom is 0.416 e. The number of alkyl halides is 3. The summed E-state index contributed by atoms with van der Waals surface area (Å²) in [7, 11) is 1.49. The average molecular weight is 426 g/mol. The molecule has 0 spiro atoms. The van der Waals surface area contributed by atoms with E-state index in [0.29, 0.717) is 34.3 Å². The lowest BCUT2D eigenvalue weighted by Gasteiger charge is -2.14. The number of hydrogen-bond acceptors (Lipinski definition) is 4. The molecule has 31 heavy (non-hydrogen) atoms. The molecule has 158 valence electrons. The first-order valence-corrected chi connectivity index (χ1v) is 9.35. The number of halogens is 3. The number of rotatable bonds is 4. The Bertz CT molecular complexity index is 1290. The normalized spacial score (nSPS) is 11.6. The van der Waals surface area contributed by atoms with Crippen molar-refractivity contribution in [2.45, 2.75) is 12.6 Å². The second-order valence-electron chi connectivity index (χ2n) is 7.02. The molecule has 0 aliphatic carbocycles. The molecular formula is C24H17F3O4. The number of phenolic OH excluding ortho intramolecular Hbond substituents is 1. The van der Waals surface area contributed by atoms with Gasteiger partial charge in [-0.3, -0.25) is 0 Å². The van der Waals surface area contributed by atoms with Gasteiger partial charge in [0.2, 0.25) is 0 Å². The van der Waals surface area contributed by atoms with E-state index in [1.807, 2.05) is 0 Å². The van der Waals surface area contributed by atoms with Crippen molar-refractivity contribution in [3.05, 3.63) is 93.8 Å². The fourth-order valence-corrected chi connectivity index (χ4v) is 3.49. The van der Waals surface area contributed by atoms with Crippen LogP contribution in [0.4, 0.5) is 13.2 Å². The molecule has 0 fully saturated rings. The Morgan fingerprint density at radius 2 is 1.65 bits per heavy atom. The summed E-state index contributed by atoms with van der Waals surface area (Å²) in [5, 5.41) is 10.2. The zero-order valence-electron chi connectivity index (χ0n) is 16.4. The molecule has 4 aromatic rings. The molecule has 3 aromatic carbocycles. The standard InChI is InChI=1S/C24H17F3O4/c1-30-18-10-11-19-20(12-14-2-8-17(28)9-3-14)22(23(29)31-21(19)13-18)15-4-6-16(7-5-15)24(25,26)27/h2-11,13,28H,12H2,1H3. The molecule has 0 aliphatic rings. The molecule has 7 heteroatoms. The minimum Gasteiger partial charge on any atom is -0.508 e. The number of fused-ring (bicyclic) bond motifs is 1. The second kappa shape index (κ2) is 7.83. The molecular weight excluding hydrogens is 409 g/mol. The SMILES string of the molecule is COc1ccc2c(Cc3ccc(O)cc3)c(-c3ccc(C(F)(F)F)cc3)c(=O)oc2c1. The van der Waals surface area contributed by atoms with Gasteiger partial charge in [0.05, 0.1) is 18.2 Å². The van der Waals surface area contributed by atoms with Crippen molar-refractivity contribution < 1.29 is 27.4 Å². The number of methoxy groups -OCH3 is 1. The first kappa shape index (κ1) is 20.5. The van der Waals surface area contributed by atoms with E-state index in [4.69, 9.17) is 9.15 Å². The Kier molecular flexibility index (Phi) is 5.19. The average Bonchev–Trinajstić information content (AvgIpc) is 2.74. The third kappa shape index (κ3) is 4.12. The number of hydrogen-bond donors (Lipinski definition) is 1. The summed E-state index contributed by atoms with van der Waals surface area (Å²) in [6.07, 6.45) is -4.16. The van der Waals surface area contributed by atoms with Gasteiger partial charge in [0, 0.05) is 11.5 Å². The Balaban J connectivity index is 1.93. The zero-order chi connectivity index (χ0) is 22.2. The van der Waals surface area contributed by atoms with Crippen LogP contribution in [0.15, 0.2) is 75.9 Å². The first-order chi connectivity index (χ1) is 14.8. The molecule has 0 saturated carbocycles. The minimum absolute atomic E-state index is 0.105. The van der Waals surface area contributed by atoms with E-state index in [1.54, 1.807) is 30.3 Å². The van der Waals surface area contributed by atoms with Crippen LogP contribution in [-0.4, -0.2) is 12.2 Å². The van der Waals surface area contributed by atoms with Gasteiger partial charge in [-0.05, 0) is 59.5 Å². The van der Waals surface area contributed by atoms with Crippen LogP contribution >= 0.6 is 0 Å². The highest BCUT2D eigenvalue weighted by Gasteiger charge is 2.30. The lowest BCUT2D eigenvalue weighted by Crippen LogP contribution is -2.10. The number of benzene rings is 3. The van der Waals surface area contributed by atoms with Crippen LogP contribution in [0.1, 0.15) is 16.7 Å². The van der Waals surface area contributed by atoms with Crippen LogP contribution in [0, 0.1) is 0 Å². The van der Waals surface area contributed by atoms with Gasteiger partial charge in [0.25, 0.3) is 0 Å². The van der Waals surface area contributed by atoms with Crippen molar-refractivity contribution in [1.29, 1.82) is 0 Å². The van der Waals surface area contributed by atoms with E-state index in [1.165, 1.54) is 31.4 Å². The molecule has 0 amide bonds. The molecule has 0 unspecified atom stereocenters. The van der Waals surface area contributed by atoms with E-state index >= 15 is 0 Å². The van der Waals surface area contributed by atoms with Crippen LogP contribution in [0.3, 0.4) is 0 Å². The van der Waals surface area contributed by atoms with Crippen molar-refractivity contribution in [2.24, 2.45) is 0 Å². The van der Waals surface area contributed by atoms with Crippen molar-refractivity contribution in [3.63, 3.8) is 0 Å². The number of ether oxygens (including phenoxy) is 1. The molecule has 0 aliphatic heterocycles. The van der Waals surface area contributed by atoms with E-state index in [9.17, 15) is 23.1 Å². The summed E-state index contributed by atoms with van der Waals surface area (Å²) in [6, 6.07) is 16.0. The van der Waals surface area contributed by atoms with E-state index < -0.39 is 17.4 Å². The third-order valence-corrected chi connectivity index (χ3v) is 5.04. The summed E-state index contributed by atoms with van der Waals surface area (Å²) in [6.45, 7) is 0. The number of aromatic hydroxyl groups is 1. The molecule has 4 rings (SSSR count). The topological polar surface area (TPSA) is 59.7 Å². The summed E-state index contributed by atoms with van der Waals surface area (Å²) in [5.41, 5.74) is 0.801. The molecule has 0 radical (unpaired) electrons. The highest BCUT2D eigenvalue weighted by Crippen LogP contribution is 2.34. The quantitative estimate of drug-likeness (QED) is 0.420. The van der Waals surface area contributed by atoms with Crippen molar-refractivity contribution in [2.75, 3.05) is 7.11 Å². The Morgan fingerprint density at radius 1 is 0.968 bits per heavy atom. The summed E-state index contributed by atoms with van der Waals surface area (Å²) in [5.74, 6) is 0.613. The van der Waals surface area contributed by atoms with Crippen LogP contribution in [-0.2, 0) is 12.6 Å². The van der Waals surface area contributed by atoms with E-state index in [-0.39, 0.29) is 11.3 Å². The third-order valence-electron chi connectivity index (χ3n) is 5.04. The maximum atomic E-state index is 13.0. The molecule has 1 heterocycles. The van der Waals surface area contributed by atoms with Crippen LogP contribution in [0.2, 0.25) is 0 Å². The van der Waals surface area contributed by atoms with E-state index in [2.05, 4.69) is 0 Å². The maximum absolute atomic E-state index is 13.0. The van der Waals surface area contributed by atoms with Crippen molar-refractivity contribution in [3.8, 4) is 22.6 Å². The fraction of sp³-hybridized carbons (Fsp3) is 0.125. The Morgan fingerprint density at radius 3 is 2.26 bits per heavy atom. The van der Waals surface area contributed by atoms with Gasteiger partial charge in [-0.1, -0.05) is 24.3 Å². The fourth-order valence-electron chi connectivity index (χ4n) is 3.49. The Labute approximate surface area is 175 Å². The monoisotopic (exact) mass is 426 g/mol. The predicted molar refractivity (Wildman–Crippen MR) is 110 cm³/mol. The molecule has 0 atom stereocenters. The second-order valence-corrected chi connectivity index (χ2v) is 7.02. The van der Waals surface area contributed by atoms with Crippen LogP contribution in [0.5, 0.6) is 11.5 Å². The van der Waals surface area contributed by atoms with Gasteiger partial charge in [0.15, 0.2) is 0 Å². The van der Waals surface area contributed by atoms with Gasteiger partial charge < -0.3 is 14.3 Å². The highest BCUT2D eigenvalue weighted by atomic mass is 19.4. The summed E-state index contributed by atoms with van der Waals surface area (Å²) >= 11 is 0. The zero-order valence-corrected chi connectivity index (χ0v) is 16.4. The van der Waals surface area contributed by atoms with Crippen LogP contribution in [0.25, 0.3) is 22.1 Å². The molecule has 0 saturated heterocycles. The summed E-state index contributed by atoms with van der Waals surface area (Å²) in [4.78, 5) is 12.9. The molecule has 4 nitrogen and oxygen atoms in total.